The summed E-state index contributed by atoms with van der Waals surface area (Å²) < 4.78 is 82.9. The number of benzene rings is 2. The van der Waals surface area contributed by atoms with Crippen molar-refractivity contribution in [2.45, 2.75) is 12.4 Å². The van der Waals surface area contributed by atoms with Gasteiger partial charge >= 0.3 is 12.4 Å². The van der Waals surface area contributed by atoms with Crippen LogP contribution in [0, 0.1) is 22.7 Å². The van der Waals surface area contributed by atoms with Gasteiger partial charge in [0.2, 0.25) is 11.8 Å². The summed E-state index contributed by atoms with van der Waals surface area (Å²) in [6.45, 7) is 0. The molecular formula is C22H6F6N6O2. The van der Waals surface area contributed by atoms with Gasteiger partial charge in [-0.3, -0.25) is 8.80 Å². The Morgan fingerprint density at radius 3 is 1.83 bits per heavy atom. The molecular weight excluding hydrogens is 494 g/mol. The van der Waals surface area contributed by atoms with E-state index in [2.05, 4.69) is 9.97 Å². The summed E-state index contributed by atoms with van der Waals surface area (Å²) in [5, 5.41) is 40.4. The van der Waals surface area contributed by atoms with E-state index in [0.717, 1.165) is 8.80 Å². The molecule has 0 aliphatic heterocycles. The number of aromatic hydroxyl groups is 2. The molecule has 0 saturated carbocycles. The van der Waals surface area contributed by atoms with Crippen LogP contribution in [0.4, 0.5) is 26.3 Å². The molecule has 0 saturated heterocycles. The van der Waals surface area contributed by atoms with Gasteiger partial charge < -0.3 is 10.2 Å². The first-order chi connectivity index (χ1) is 16.9. The van der Waals surface area contributed by atoms with Crippen LogP contribution in [0.5, 0.6) is 11.8 Å². The summed E-state index contributed by atoms with van der Waals surface area (Å²) in [4.78, 5) is 7.93. The Kier molecular flexibility index (Phi) is 3.81. The topological polar surface area (TPSA) is 123 Å². The van der Waals surface area contributed by atoms with Gasteiger partial charge in [-0.15, -0.1) is 0 Å². The minimum Gasteiger partial charge on any atom is -0.494 e. The van der Waals surface area contributed by atoms with Gasteiger partial charge in [-0.1, -0.05) is 0 Å². The van der Waals surface area contributed by atoms with E-state index in [9.17, 15) is 47.1 Å². The molecule has 0 aliphatic rings. The highest BCUT2D eigenvalue weighted by Gasteiger charge is 2.40. The molecule has 4 aromatic heterocycles. The van der Waals surface area contributed by atoms with Crippen LogP contribution in [0.1, 0.15) is 22.5 Å². The van der Waals surface area contributed by atoms with Crippen molar-refractivity contribution in [2.24, 2.45) is 0 Å². The van der Waals surface area contributed by atoms with Crippen LogP contribution in [0.3, 0.4) is 0 Å². The molecule has 2 aromatic carbocycles. The summed E-state index contributed by atoms with van der Waals surface area (Å²) in [5.74, 6) is -1.19. The fraction of sp³-hybridized carbons (Fsp3) is 0.0909. The first kappa shape index (κ1) is 21.5. The number of hydrogen-bond acceptors (Lipinski definition) is 6. The zero-order valence-corrected chi connectivity index (χ0v) is 17.2. The van der Waals surface area contributed by atoms with Gasteiger partial charge in [-0.2, -0.15) is 36.9 Å². The van der Waals surface area contributed by atoms with Gasteiger partial charge in [0.1, 0.15) is 28.9 Å². The molecule has 36 heavy (non-hydrogen) atoms. The normalized spacial score (nSPS) is 12.9. The van der Waals surface area contributed by atoms with Crippen LogP contribution >= 0.6 is 0 Å². The molecule has 8 nitrogen and oxygen atoms in total. The lowest BCUT2D eigenvalue weighted by Crippen LogP contribution is -2.11. The monoisotopic (exact) mass is 500 g/mol. The standard InChI is InChI=1S/C22H6F6N6O2/c23-21(24,25)7-1-12(22(26,27)28)16-14(2-7)33-18(32-16)9-4-10-8(3-11(9)19(33)35)17-31-13(5-29)15(6-30)34(17)20(10)36/h1-4,35-36H. The highest BCUT2D eigenvalue weighted by molar-refractivity contribution is 6.14. The summed E-state index contributed by atoms with van der Waals surface area (Å²) in [7, 11) is 0. The van der Waals surface area contributed by atoms with Crippen molar-refractivity contribution in [1.29, 1.82) is 10.5 Å². The molecule has 0 unspecified atom stereocenters. The van der Waals surface area contributed by atoms with Crippen molar-refractivity contribution in [3.63, 3.8) is 0 Å². The van der Waals surface area contributed by atoms with E-state index in [1.165, 1.54) is 12.1 Å². The molecule has 6 aromatic rings. The Morgan fingerprint density at radius 1 is 0.722 bits per heavy atom. The van der Waals surface area contributed by atoms with E-state index < -0.39 is 46.3 Å². The number of halogens is 6. The van der Waals surface area contributed by atoms with Crippen LogP contribution in [-0.2, 0) is 12.4 Å². The fourth-order valence-corrected chi connectivity index (χ4v) is 4.52. The van der Waals surface area contributed by atoms with Gasteiger partial charge in [-0.05, 0) is 24.3 Å². The molecule has 4 heterocycles. The first-order valence-corrected chi connectivity index (χ1v) is 9.82. The second-order valence-corrected chi connectivity index (χ2v) is 7.94. The van der Waals surface area contributed by atoms with Gasteiger partial charge in [0.25, 0.3) is 0 Å². The van der Waals surface area contributed by atoms with Crippen LogP contribution in [-0.4, -0.2) is 29.0 Å². The number of hydrogen-bond donors (Lipinski definition) is 2. The number of aromatic nitrogens is 4. The third-order valence-electron chi connectivity index (χ3n) is 6.03. The Hall–Kier alpha value is -4.98. The zero-order valence-electron chi connectivity index (χ0n) is 17.2. The van der Waals surface area contributed by atoms with Crippen molar-refractivity contribution < 1.29 is 36.6 Å². The van der Waals surface area contributed by atoms with Crippen LogP contribution in [0.25, 0.3) is 43.9 Å². The van der Waals surface area contributed by atoms with E-state index in [0.29, 0.717) is 6.07 Å². The maximum atomic E-state index is 13.6. The third-order valence-corrected chi connectivity index (χ3v) is 6.03. The van der Waals surface area contributed by atoms with E-state index in [1.54, 1.807) is 12.1 Å². The SMILES string of the molecule is N#Cc1nc2c3cc4c(O)n5c6cc(C(F)(F)F)cc(C(F)(F)F)c6nc5c4cc3c(O)n2c1C#N. The summed E-state index contributed by atoms with van der Waals surface area (Å²) in [5.41, 5.74) is -5.41. The number of alkyl halides is 6. The quantitative estimate of drug-likeness (QED) is 0.281. The second-order valence-electron chi connectivity index (χ2n) is 7.94. The number of fused-ring (bicyclic) bond motifs is 8. The smallest absolute Gasteiger partial charge is 0.418 e. The maximum Gasteiger partial charge on any atom is 0.418 e. The third kappa shape index (κ3) is 2.52. The molecule has 0 aliphatic carbocycles. The average Bonchev–Trinajstić information content (AvgIpc) is 3.50. The van der Waals surface area contributed by atoms with Crippen molar-refractivity contribution >= 4 is 43.9 Å². The van der Waals surface area contributed by atoms with Crippen LogP contribution in [0.15, 0.2) is 24.3 Å². The number of nitriles is 2. The predicted molar refractivity (Wildman–Crippen MR) is 110 cm³/mol. The molecule has 2 N–H and O–H groups in total. The summed E-state index contributed by atoms with van der Waals surface area (Å²) in [6, 6.07) is 6.46. The lowest BCUT2D eigenvalue weighted by Gasteiger charge is -2.12. The highest BCUT2D eigenvalue weighted by Crippen LogP contribution is 2.45. The lowest BCUT2D eigenvalue weighted by molar-refractivity contribution is -0.142. The van der Waals surface area contributed by atoms with Crippen molar-refractivity contribution in [2.75, 3.05) is 0 Å². The molecule has 0 fully saturated rings. The van der Waals surface area contributed by atoms with E-state index in [-0.39, 0.29) is 50.3 Å². The molecule has 0 bridgehead atoms. The first-order valence-electron chi connectivity index (χ1n) is 9.82. The van der Waals surface area contributed by atoms with Gasteiger partial charge in [0, 0.05) is 21.5 Å². The molecule has 0 radical (unpaired) electrons. The van der Waals surface area contributed by atoms with Crippen molar-refractivity contribution in [3.8, 4) is 23.9 Å². The lowest BCUT2D eigenvalue weighted by atomic mass is 10.1. The number of rotatable bonds is 0. The average molecular weight is 500 g/mol. The Labute approximate surface area is 193 Å². The highest BCUT2D eigenvalue weighted by atomic mass is 19.4. The van der Waals surface area contributed by atoms with Crippen molar-refractivity contribution in [3.05, 3.63) is 46.8 Å². The largest absolute Gasteiger partial charge is 0.494 e. The Balaban J connectivity index is 1.79. The number of imidazole rings is 2. The molecule has 0 atom stereocenters. The molecule has 6 rings (SSSR count). The fourth-order valence-electron chi connectivity index (χ4n) is 4.52. The van der Waals surface area contributed by atoms with Gasteiger partial charge in [0.15, 0.2) is 11.4 Å². The molecule has 0 amide bonds. The summed E-state index contributed by atoms with van der Waals surface area (Å²) >= 11 is 0. The minimum atomic E-state index is -5.17. The minimum absolute atomic E-state index is 0.000635. The Morgan fingerprint density at radius 2 is 1.31 bits per heavy atom. The van der Waals surface area contributed by atoms with Gasteiger partial charge in [0.05, 0.1) is 16.6 Å². The van der Waals surface area contributed by atoms with E-state index >= 15 is 0 Å². The summed E-state index contributed by atoms with van der Waals surface area (Å²) in [6.07, 6.45) is -10.3. The molecule has 14 heteroatoms. The van der Waals surface area contributed by atoms with Crippen molar-refractivity contribution in [1.82, 2.24) is 18.8 Å². The number of nitrogens with zero attached hydrogens (tertiary/aromatic N) is 6. The van der Waals surface area contributed by atoms with Crippen LogP contribution in [0.2, 0.25) is 0 Å². The van der Waals surface area contributed by atoms with E-state index in [4.69, 9.17) is 0 Å². The Bertz CT molecular complexity index is 2020. The molecule has 178 valence electrons. The maximum absolute atomic E-state index is 13.6. The predicted octanol–water partition coefficient (Wildman–Crippen LogP) is 5.07. The van der Waals surface area contributed by atoms with Gasteiger partial charge in [-0.25, -0.2) is 9.97 Å². The second kappa shape index (κ2) is 6.37. The zero-order chi connectivity index (χ0) is 25.9. The van der Waals surface area contributed by atoms with E-state index in [1.807, 2.05) is 0 Å². The molecule has 0 spiro atoms. The van der Waals surface area contributed by atoms with Crippen LogP contribution < -0.4 is 0 Å².